The summed E-state index contributed by atoms with van der Waals surface area (Å²) in [4.78, 5) is 0. The van der Waals surface area contributed by atoms with Gasteiger partial charge in [0.15, 0.2) is 0 Å². The maximum absolute atomic E-state index is 10.4. The number of hydrogen-bond donors (Lipinski definition) is 1. The van der Waals surface area contributed by atoms with Crippen LogP contribution in [0.1, 0.15) is 49.1 Å². The van der Waals surface area contributed by atoms with Gasteiger partial charge in [0.2, 0.25) is 0 Å². The zero-order chi connectivity index (χ0) is 14.9. The standard InChI is InChI=1S/C18H21ClO/c1-12-5-6-14(11-16(12)19)17(20)13-7-9-15(10-8-13)18(2,3)4/h5-11,17,20H,1-4H3. The molecule has 20 heavy (non-hydrogen) atoms. The summed E-state index contributed by atoms with van der Waals surface area (Å²) in [5, 5.41) is 11.1. The predicted octanol–water partition coefficient (Wildman–Crippen LogP) is 5.03. The minimum Gasteiger partial charge on any atom is -0.384 e. The SMILES string of the molecule is Cc1ccc(C(O)c2ccc(C(C)(C)C)cc2)cc1Cl. The van der Waals surface area contributed by atoms with Crippen LogP contribution in [-0.2, 0) is 5.41 Å². The Bertz CT molecular complexity index is 594. The Kier molecular flexibility index (Phi) is 4.22. The van der Waals surface area contributed by atoms with E-state index in [9.17, 15) is 5.11 Å². The molecule has 2 aromatic rings. The minimum absolute atomic E-state index is 0.122. The van der Waals surface area contributed by atoms with Crippen molar-refractivity contribution in [2.24, 2.45) is 0 Å². The van der Waals surface area contributed by atoms with Crippen LogP contribution in [0.3, 0.4) is 0 Å². The van der Waals surface area contributed by atoms with Crippen molar-refractivity contribution in [2.75, 3.05) is 0 Å². The summed E-state index contributed by atoms with van der Waals surface area (Å²) in [7, 11) is 0. The van der Waals surface area contributed by atoms with Gasteiger partial charge in [-0.3, -0.25) is 0 Å². The molecule has 0 heterocycles. The van der Waals surface area contributed by atoms with E-state index in [-0.39, 0.29) is 5.41 Å². The fourth-order valence-corrected chi connectivity index (χ4v) is 2.33. The third-order valence-corrected chi connectivity index (χ3v) is 4.01. The highest BCUT2D eigenvalue weighted by molar-refractivity contribution is 6.31. The molecule has 1 atom stereocenters. The largest absolute Gasteiger partial charge is 0.384 e. The fraction of sp³-hybridized carbons (Fsp3) is 0.333. The molecule has 0 radical (unpaired) electrons. The van der Waals surface area contributed by atoms with E-state index in [2.05, 4.69) is 32.9 Å². The number of benzene rings is 2. The maximum Gasteiger partial charge on any atom is 0.104 e. The third kappa shape index (κ3) is 3.23. The number of aliphatic hydroxyl groups is 1. The van der Waals surface area contributed by atoms with Crippen molar-refractivity contribution < 1.29 is 5.11 Å². The van der Waals surface area contributed by atoms with Gasteiger partial charge in [0.1, 0.15) is 6.10 Å². The van der Waals surface area contributed by atoms with Crippen LogP contribution in [0.5, 0.6) is 0 Å². The average molecular weight is 289 g/mol. The van der Waals surface area contributed by atoms with Crippen LogP contribution in [0.15, 0.2) is 42.5 Å². The van der Waals surface area contributed by atoms with Gasteiger partial charge < -0.3 is 5.11 Å². The Morgan fingerprint density at radius 2 is 1.50 bits per heavy atom. The summed E-state index contributed by atoms with van der Waals surface area (Å²) < 4.78 is 0. The number of aliphatic hydroxyl groups excluding tert-OH is 1. The van der Waals surface area contributed by atoms with Gasteiger partial charge in [0.05, 0.1) is 0 Å². The number of halogens is 1. The first kappa shape index (κ1) is 15.1. The lowest BCUT2D eigenvalue weighted by Crippen LogP contribution is -2.11. The van der Waals surface area contributed by atoms with E-state index in [4.69, 9.17) is 11.6 Å². The smallest absolute Gasteiger partial charge is 0.104 e. The fourth-order valence-electron chi connectivity index (χ4n) is 2.14. The Hall–Kier alpha value is -1.31. The van der Waals surface area contributed by atoms with E-state index < -0.39 is 6.10 Å². The lowest BCUT2D eigenvalue weighted by atomic mass is 9.86. The molecule has 0 aromatic heterocycles. The maximum atomic E-state index is 10.4. The van der Waals surface area contributed by atoms with Gasteiger partial charge in [0.25, 0.3) is 0 Å². The molecule has 1 nitrogen and oxygen atoms in total. The zero-order valence-electron chi connectivity index (χ0n) is 12.4. The summed E-state index contributed by atoms with van der Waals surface area (Å²) >= 11 is 6.12. The lowest BCUT2D eigenvalue weighted by Gasteiger charge is -2.20. The van der Waals surface area contributed by atoms with Crippen LogP contribution in [0.2, 0.25) is 5.02 Å². The molecular formula is C18H21ClO. The number of aryl methyl sites for hydroxylation is 1. The summed E-state index contributed by atoms with van der Waals surface area (Å²) in [6.45, 7) is 8.49. The van der Waals surface area contributed by atoms with Crippen molar-refractivity contribution in [2.45, 2.75) is 39.2 Å². The molecule has 0 bridgehead atoms. The Labute approximate surface area is 126 Å². The number of hydrogen-bond acceptors (Lipinski definition) is 1. The van der Waals surface area contributed by atoms with E-state index in [0.29, 0.717) is 5.02 Å². The van der Waals surface area contributed by atoms with Crippen molar-refractivity contribution >= 4 is 11.6 Å². The van der Waals surface area contributed by atoms with Gasteiger partial charge in [-0.05, 0) is 40.7 Å². The molecular weight excluding hydrogens is 268 g/mol. The second kappa shape index (κ2) is 5.59. The monoisotopic (exact) mass is 288 g/mol. The van der Waals surface area contributed by atoms with E-state index in [1.165, 1.54) is 5.56 Å². The van der Waals surface area contributed by atoms with E-state index in [1.807, 2.05) is 37.3 Å². The molecule has 2 aromatic carbocycles. The molecule has 0 aliphatic rings. The van der Waals surface area contributed by atoms with Crippen molar-refractivity contribution in [1.29, 1.82) is 0 Å². The minimum atomic E-state index is -0.637. The highest BCUT2D eigenvalue weighted by Crippen LogP contribution is 2.28. The van der Waals surface area contributed by atoms with Crippen LogP contribution in [-0.4, -0.2) is 5.11 Å². The van der Waals surface area contributed by atoms with Gasteiger partial charge in [-0.2, -0.15) is 0 Å². The first-order chi connectivity index (χ1) is 9.29. The van der Waals surface area contributed by atoms with Crippen molar-refractivity contribution in [3.63, 3.8) is 0 Å². The van der Waals surface area contributed by atoms with E-state index in [0.717, 1.165) is 16.7 Å². The molecule has 1 N–H and O–H groups in total. The second-order valence-electron chi connectivity index (χ2n) is 6.28. The Balaban J connectivity index is 2.29. The quantitative estimate of drug-likeness (QED) is 0.822. The Morgan fingerprint density at radius 1 is 0.950 bits per heavy atom. The molecule has 0 fully saturated rings. The van der Waals surface area contributed by atoms with Crippen LogP contribution >= 0.6 is 11.6 Å². The molecule has 1 unspecified atom stereocenters. The van der Waals surface area contributed by atoms with Crippen LogP contribution in [0.25, 0.3) is 0 Å². The highest BCUT2D eigenvalue weighted by Gasteiger charge is 2.15. The Morgan fingerprint density at radius 3 is 2.00 bits per heavy atom. The molecule has 2 rings (SSSR count). The molecule has 106 valence electrons. The average Bonchev–Trinajstić information content (AvgIpc) is 2.40. The molecule has 0 amide bonds. The third-order valence-electron chi connectivity index (χ3n) is 3.60. The normalized spacial score (nSPS) is 13.3. The van der Waals surface area contributed by atoms with Gasteiger partial charge in [0, 0.05) is 5.02 Å². The molecule has 0 aliphatic carbocycles. The predicted molar refractivity (Wildman–Crippen MR) is 85.4 cm³/mol. The topological polar surface area (TPSA) is 20.2 Å². The lowest BCUT2D eigenvalue weighted by molar-refractivity contribution is 0.220. The summed E-state index contributed by atoms with van der Waals surface area (Å²) in [6.07, 6.45) is -0.637. The van der Waals surface area contributed by atoms with Crippen molar-refractivity contribution in [3.05, 3.63) is 69.7 Å². The molecule has 0 aliphatic heterocycles. The van der Waals surface area contributed by atoms with E-state index in [1.54, 1.807) is 0 Å². The molecule has 0 saturated carbocycles. The summed E-state index contributed by atoms with van der Waals surface area (Å²) in [5.74, 6) is 0. The van der Waals surface area contributed by atoms with Gasteiger partial charge >= 0.3 is 0 Å². The first-order valence-electron chi connectivity index (χ1n) is 6.83. The molecule has 0 spiro atoms. The van der Waals surface area contributed by atoms with Crippen LogP contribution in [0, 0.1) is 6.92 Å². The van der Waals surface area contributed by atoms with Crippen molar-refractivity contribution in [3.8, 4) is 0 Å². The summed E-state index contributed by atoms with van der Waals surface area (Å²) in [5.41, 5.74) is 4.11. The van der Waals surface area contributed by atoms with Crippen molar-refractivity contribution in [1.82, 2.24) is 0 Å². The first-order valence-corrected chi connectivity index (χ1v) is 7.21. The van der Waals surface area contributed by atoms with Gasteiger partial charge in [-0.15, -0.1) is 0 Å². The van der Waals surface area contributed by atoms with Gasteiger partial charge in [-0.1, -0.05) is 68.8 Å². The summed E-state index contributed by atoms with van der Waals surface area (Å²) in [6, 6.07) is 13.8. The van der Waals surface area contributed by atoms with Gasteiger partial charge in [-0.25, -0.2) is 0 Å². The molecule has 2 heteroatoms. The highest BCUT2D eigenvalue weighted by atomic mass is 35.5. The zero-order valence-corrected chi connectivity index (χ0v) is 13.2. The van der Waals surface area contributed by atoms with E-state index >= 15 is 0 Å². The number of rotatable bonds is 2. The van der Waals surface area contributed by atoms with Crippen LogP contribution < -0.4 is 0 Å². The molecule has 0 saturated heterocycles. The van der Waals surface area contributed by atoms with Crippen LogP contribution in [0.4, 0.5) is 0 Å². The second-order valence-corrected chi connectivity index (χ2v) is 6.69.